The molecule has 1 aliphatic heterocycles. The Balaban J connectivity index is 1.49. The largest absolute Gasteiger partial charge is 0.369 e. The summed E-state index contributed by atoms with van der Waals surface area (Å²) in [5.41, 5.74) is 3.17. The highest BCUT2D eigenvalue weighted by Gasteiger charge is 2.74. The molecule has 0 radical (unpaired) electrons. The van der Waals surface area contributed by atoms with Gasteiger partial charge in [0, 0.05) is 11.3 Å². The second-order valence-corrected chi connectivity index (χ2v) is 12.9. The number of hydrogen-bond donors (Lipinski definition) is 0. The first kappa shape index (κ1) is 23.3. The molecule has 1 heterocycles. The van der Waals surface area contributed by atoms with Crippen molar-refractivity contribution in [1.29, 1.82) is 0 Å². The first-order valence-corrected chi connectivity index (χ1v) is 13.9. The van der Waals surface area contributed by atoms with Gasteiger partial charge in [-0.1, -0.05) is 68.7 Å². The third kappa shape index (κ3) is 3.12. The quantitative estimate of drug-likeness (QED) is 0.435. The minimum absolute atomic E-state index is 0.121. The molecule has 186 valence electrons. The summed E-state index contributed by atoms with van der Waals surface area (Å²) >= 11 is 0. The second kappa shape index (κ2) is 7.92. The molecule has 34 heavy (non-hydrogen) atoms. The van der Waals surface area contributed by atoms with Gasteiger partial charge in [-0.3, -0.25) is 0 Å². The minimum Gasteiger partial charge on any atom is -0.369 e. The average Bonchev–Trinajstić information content (AvgIpc) is 3.33. The summed E-state index contributed by atoms with van der Waals surface area (Å²) < 4.78 is 21.1. The van der Waals surface area contributed by atoms with Crippen molar-refractivity contribution in [2.24, 2.45) is 28.6 Å². The van der Waals surface area contributed by atoms with Gasteiger partial charge in [-0.05, 0) is 82.1 Å². The lowest BCUT2D eigenvalue weighted by atomic mass is 9.41. The predicted octanol–water partition coefficient (Wildman–Crippen LogP) is 7.44. The highest BCUT2D eigenvalue weighted by molar-refractivity contribution is 5.29. The molecule has 0 N–H and O–H groups in total. The number of hydrogen-bond acceptors (Lipinski definition) is 3. The molecule has 3 nitrogen and oxygen atoms in total. The van der Waals surface area contributed by atoms with Crippen LogP contribution in [0.2, 0.25) is 0 Å². The normalized spacial score (nSPS) is 48.1. The van der Waals surface area contributed by atoms with Crippen molar-refractivity contribution in [2.75, 3.05) is 0 Å². The summed E-state index contributed by atoms with van der Waals surface area (Å²) in [5, 5.41) is 0. The SMILES string of the molecule is CC=C1CCC2C3[C@H]4OC(C)(C)O[C@@H]4C4CCCC[C@]4(C)[C@@]3(OCc3ccccc3)CC[C@]12C. The first-order valence-electron chi connectivity index (χ1n) is 13.9. The molecule has 1 aromatic carbocycles. The fraction of sp³-hybridized carbons (Fsp3) is 0.742. The molecule has 0 aromatic heterocycles. The molecule has 5 aliphatic rings. The number of allylic oxidation sites excluding steroid dienone is 2. The van der Waals surface area contributed by atoms with Gasteiger partial charge in [-0.15, -0.1) is 0 Å². The molecular formula is C31H44O3. The maximum absolute atomic E-state index is 7.38. The highest BCUT2D eigenvalue weighted by Crippen LogP contribution is 2.72. The smallest absolute Gasteiger partial charge is 0.163 e. The van der Waals surface area contributed by atoms with Crippen molar-refractivity contribution >= 4 is 0 Å². The zero-order valence-electron chi connectivity index (χ0n) is 21.9. The highest BCUT2D eigenvalue weighted by atomic mass is 16.8. The molecule has 0 amide bonds. The molecule has 8 atom stereocenters. The van der Waals surface area contributed by atoms with Crippen LogP contribution in [0.5, 0.6) is 0 Å². The van der Waals surface area contributed by atoms with Gasteiger partial charge >= 0.3 is 0 Å². The van der Waals surface area contributed by atoms with Gasteiger partial charge in [0.2, 0.25) is 0 Å². The third-order valence-electron chi connectivity index (χ3n) is 11.1. The van der Waals surface area contributed by atoms with Crippen molar-refractivity contribution in [3.63, 3.8) is 0 Å². The maximum Gasteiger partial charge on any atom is 0.163 e. The van der Waals surface area contributed by atoms with Crippen molar-refractivity contribution < 1.29 is 14.2 Å². The van der Waals surface area contributed by atoms with Gasteiger partial charge in [-0.25, -0.2) is 0 Å². The summed E-state index contributed by atoms with van der Waals surface area (Å²) in [5.74, 6) is 0.956. The first-order chi connectivity index (χ1) is 16.2. The van der Waals surface area contributed by atoms with Gasteiger partial charge < -0.3 is 14.2 Å². The van der Waals surface area contributed by atoms with Crippen molar-refractivity contribution in [3.05, 3.63) is 47.5 Å². The van der Waals surface area contributed by atoms with Crippen LogP contribution in [-0.4, -0.2) is 23.6 Å². The van der Waals surface area contributed by atoms with Crippen LogP contribution in [0.3, 0.4) is 0 Å². The van der Waals surface area contributed by atoms with Crippen molar-refractivity contribution in [2.45, 2.75) is 116 Å². The van der Waals surface area contributed by atoms with Gasteiger partial charge in [0.1, 0.15) is 0 Å². The van der Waals surface area contributed by atoms with Crippen LogP contribution in [0.25, 0.3) is 0 Å². The van der Waals surface area contributed by atoms with Gasteiger partial charge in [0.15, 0.2) is 5.79 Å². The summed E-state index contributed by atoms with van der Waals surface area (Å²) in [7, 11) is 0. The zero-order valence-corrected chi connectivity index (χ0v) is 21.9. The molecule has 5 fully saturated rings. The predicted molar refractivity (Wildman–Crippen MR) is 135 cm³/mol. The lowest BCUT2D eigenvalue weighted by molar-refractivity contribution is -0.293. The van der Waals surface area contributed by atoms with Crippen LogP contribution in [0.4, 0.5) is 0 Å². The Hall–Kier alpha value is -1.16. The summed E-state index contributed by atoms with van der Waals surface area (Å²) in [6.45, 7) is 12.3. The summed E-state index contributed by atoms with van der Waals surface area (Å²) in [6.07, 6.45) is 12.7. The lowest BCUT2D eigenvalue weighted by Gasteiger charge is -2.68. The topological polar surface area (TPSA) is 27.7 Å². The van der Waals surface area contributed by atoms with E-state index in [1.165, 1.54) is 50.5 Å². The van der Waals surface area contributed by atoms with Crippen LogP contribution in [0.1, 0.15) is 91.5 Å². The molecule has 0 bridgehead atoms. The molecule has 3 heteroatoms. The number of fused-ring (bicyclic) bond motifs is 8. The van der Waals surface area contributed by atoms with E-state index in [2.05, 4.69) is 71.0 Å². The molecule has 4 aliphatic carbocycles. The fourth-order valence-corrected chi connectivity index (χ4v) is 9.59. The number of rotatable bonds is 3. The van der Waals surface area contributed by atoms with E-state index in [0.717, 1.165) is 6.42 Å². The van der Waals surface area contributed by atoms with Crippen LogP contribution < -0.4 is 0 Å². The van der Waals surface area contributed by atoms with Crippen molar-refractivity contribution in [1.82, 2.24) is 0 Å². The molecule has 6 rings (SSSR count). The Kier molecular flexibility index (Phi) is 5.42. The molecule has 3 unspecified atom stereocenters. The molecular weight excluding hydrogens is 420 g/mol. The Morgan fingerprint density at radius 3 is 2.44 bits per heavy atom. The third-order valence-corrected chi connectivity index (χ3v) is 11.1. The zero-order chi connectivity index (χ0) is 23.8. The second-order valence-electron chi connectivity index (χ2n) is 12.9. The van der Waals surface area contributed by atoms with Crippen LogP contribution in [-0.2, 0) is 20.8 Å². The van der Waals surface area contributed by atoms with Crippen LogP contribution in [0.15, 0.2) is 42.0 Å². The Morgan fingerprint density at radius 1 is 0.912 bits per heavy atom. The van der Waals surface area contributed by atoms with E-state index < -0.39 is 5.79 Å². The average molecular weight is 465 g/mol. The number of ether oxygens (including phenoxy) is 3. The van der Waals surface area contributed by atoms with Crippen LogP contribution in [0, 0.1) is 28.6 Å². The molecule has 4 saturated carbocycles. The standard InChI is InChI=1S/C31H44O3/c1-6-22-15-16-23-25-27-26(33-28(2,3)34-27)24-14-10-11-17-30(24,5)31(25,19-18-29(22,23)4)32-20-21-12-8-7-9-13-21/h6-9,12-13,23-27H,10-11,14-20H2,1-5H3/t23?,24?,25?,26-,27-,29-,30+,31-/m1/s1. The van der Waals surface area contributed by atoms with E-state index in [1.807, 2.05) is 0 Å². The summed E-state index contributed by atoms with van der Waals surface area (Å²) in [6, 6.07) is 10.8. The maximum atomic E-state index is 7.38. The monoisotopic (exact) mass is 464 g/mol. The van der Waals surface area contributed by atoms with E-state index in [-0.39, 0.29) is 28.6 Å². The van der Waals surface area contributed by atoms with Gasteiger partial charge in [0.25, 0.3) is 0 Å². The van der Waals surface area contributed by atoms with Crippen molar-refractivity contribution in [3.8, 4) is 0 Å². The molecule has 0 spiro atoms. The van der Waals surface area contributed by atoms with Gasteiger partial charge in [-0.2, -0.15) is 0 Å². The van der Waals surface area contributed by atoms with E-state index >= 15 is 0 Å². The van der Waals surface area contributed by atoms with Crippen LogP contribution >= 0.6 is 0 Å². The summed E-state index contributed by atoms with van der Waals surface area (Å²) in [4.78, 5) is 0. The van der Waals surface area contributed by atoms with E-state index in [9.17, 15) is 0 Å². The lowest BCUT2D eigenvalue weighted by Crippen LogP contribution is -2.72. The minimum atomic E-state index is -0.515. The van der Waals surface area contributed by atoms with Gasteiger partial charge in [0.05, 0.1) is 24.4 Å². The van der Waals surface area contributed by atoms with E-state index in [1.54, 1.807) is 5.57 Å². The Bertz CT molecular complexity index is 953. The Morgan fingerprint density at radius 2 is 1.68 bits per heavy atom. The van der Waals surface area contributed by atoms with E-state index in [0.29, 0.717) is 24.4 Å². The molecule has 1 aromatic rings. The number of benzene rings is 1. The fourth-order valence-electron chi connectivity index (χ4n) is 9.59. The molecule has 1 saturated heterocycles. The van der Waals surface area contributed by atoms with E-state index in [4.69, 9.17) is 14.2 Å². The Labute approximate surface area is 206 Å².